The van der Waals surface area contributed by atoms with Crippen LogP contribution in [-0.2, 0) is 20.4 Å². The third kappa shape index (κ3) is 8.64. The molecule has 0 radical (unpaired) electrons. The fraction of sp³-hybridized carbons (Fsp3) is 0.500. The van der Waals surface area contributed by atoms with Crippen molar-refractivity contribution in [2.45, 2.75) is 96.8 Å². The molecule has 280 valence electrons. The molecule has 53 heavy (non-hydrogen) atoms. The summed E-state index contributed by atoms with van der Waals surface area (Å²) in [5.41, 5.74) is 7.76. The predicted octanol–water partition coefficient (Wildman–Crippen LogP) is 8.72. The summed E-state index contributed by atoms with van der Waals surface area (Å²) in [5.74, 6) is 8.25. The van der Waals surface area contributed by atoms with Crippen molar-refractivity contribution in [3.63, 3.8) is 0 Å². The smallest absolute Gasteiger partial charge is 0.407 e. The second-order valence-electron chi connectivity index (χ2n) is 16.0. The van der Waals surface area contributed by atoms with E-state index in [1.54, 1.807) is 0 Å². The Bertz CT molecular complexity index is 1820. The fourth-order valence-electron chi connectivity index (χ4n) is 8.91. The van der Waals surface area contributed by atoms with Gasteiger partial charge in [0.15, 0.2) is 5.71 Å². The molecule has 4 aliphatic rings. The molecule has 2 aliphatic heterocycles. The van der Waals surface area contributed by atoms with Gasteiger partial charge >= 0.3 is 6.09 Å². The first-order valence-corrected chi connectivity index (χ1v) is 19.9. The molecule has 2 heterocycles. The van der Waals surface area contributed by atoms with Crippen LogP contribution in [0, 0.1) is 29.6 Å². The highest BCUT2D eigenvalue weighted by molar-refractivity contribution is 6.03. The molecule has 1 saturated carbocycles. The highest BCUT2D eigenvalue weighted by atomic mass is 16.5. The quantitative estimate of drug-likeness (QED) is 0.0838. The van der Waals surface area contributed by atoms with Crippen molar-refractivity contribution in [1.29, 1.82) is 0 Å². The van der Waals surface area contributed by atoms with Gasteiger partial charge < -0.3 is 20.3 Å². The summed E-state index contributed by atoms with van der Waals surface area (Å²) in [6.07, 6.45) is 18.0. The van der Waals surface area contributed by atoms with Crippen molar-refractivity contribution in [1.82, 2.24) is 10.6 Å². The van der Waals surface area contributed by atoms with Crippen LogP contribution in [-0.4, -0.2) is 55.1 Å². The minimum Gasteiger partial charge on any atom is -0.449 e. The van der Waals surface area contributed by atoms with E-state index in [9.17, 15) is 9.59 Å². The van der Waals surface area contributed by atoms with E-state index in [0.29, 0.717) is 43.9 Å². The van der Waals surface area contributed by atoms with E-state index in [1.807, 2.05) is 0 Å². The fourth-order valence-corrected chi connectivity index (χ4v) is 8.91. The number of benzene rings is 2. The first-order chi connectivity index (χ1) is 25.6. The van der Waals surface area contributed by atoms with Gasteiger partial charge in [-0.1, -0.05) is 68.5 Å². The molecule has 2 aromatic carbocycles. The first-order valence-electron chi connectivity index (χ1n) is 19.9. The second-order valence-corrected chi connectivity index (χ2v) is 16.0. The normalized spacial score (nSPS) is 22.8. The summed E-state index contributed by atoms with van der Waals surface area (Å²) in [7, 11) is 0. The van der Waals surface area contributed by atoms with Crippen LogP contribution in [0.2, 0.25) is 0 Å². The monoisotopic (exact) mass is 715 g/mol. The molecule has 2 N–H and O–H groups in total. The van der Waals surface area contributed by atoms with Crippen LogP contribution in [0.5, 0.6) is 0 Å². The Morgan fingerprint density at radius 1 is 0.868 bits per heavy atom. The molecule has 0 aromatic heterocycles. The van der Waals surface area contributed by atoms with Crippen LogP contribution in [0.25, 0.3) is 0 Å². The molecule has 7 heteroatoms. The van der Waals surface area contributed by atoms with E-state index in [0.717, 1.165) is 58.0 Å². The summed E-state index contributed by atoms with van der Waals surface area (Å²) in [6.45, 7) is 14.5. The summed E-state index contributed by atoms with van der Waals surface area (Å²) < 4.78 is 7.94. The van der Waals surface area contributed by atoms with Gasteiger partial charge in [0.2, 0.25) is 11.6 Å². The van der Waals surface area contributed by atoms with Gasteiger partial charge in [-0.3, -0.25) is 4.79 Å². The molecule has 6 rings (SSSR count). The van der Waals surface area contributed by atoms with Gasteiger partial charge in [0, 0.05) is 79.8 Å². The third-order valence-electron chi connectivity index (χ3n) is 11.9. The zero-order valence-electron chi connectivity index (χ0n) is 32.5. The zero-order valence-corrected chi connectivity index (χ0v) is 32.5. The van der Waals surface area contributed by atoms with Gasteiger partial charge in [-0.2, -0.15) is 4.58 Å². The molecule has 0 bridgehead atoms. The van der Waals surface area contributed by atoms with Crippen molar-refractivity contribution in [2.75, 3.05) is 37.7 Å². The van der Waals surface area contributed by atoms with Crippen LogP contribution < -0.4 is 15.5 Å². The maximum Gasteiger partial charge on any atom is 0.407 e. The summed E-state index contributed by atoms with van der Waals surface area (Å²) >= 11 is 0. The molecule has 0 spiro atoms. The van der Waals surface area contributed by atoms with Crippen LogP contribution in [0.4, 0.5) is 16.2 Å². The van der Waals surface area contributed by atoms with Crippen LogP contribution >= 0.6 is 0 Å². The van der Waals surface area contributed by atoms with Crippen molar-refractivity contribution < 1.29 is 18.9 Å². The Hall–Kier alpha value is -4.57. The number of fused-ring (bicyclic) bond motifs is 3. The highest BCUT2D eigenvalue weighted by Crippen LogP contribution is 2.52. The van der Waals surface area contributed by atoms with Gasteiger partial charge in [0.05, 0.1) is 12.0 Å². The predicted molar refractivity (Wildman–Crippen MR) is 216 cm³/mol. The number of hydrogen-bond acceptors (Lipinski definition) is 4. The number of amides is 2. The number of likely N-dealkylation sites (N-methyl/N-ethyl adjacent to an activating group) is 1. The number of ether oxygens (including phenoxy) is 1. The van der Waals surface area contributed by atoms with Gasteiger partial charge in [-0.15, -0.1) is 11.8 Å². The molecular weight excluding hydrogens is 657 g/mol. The molecule has 0 saturated heterocycles. The number of rotatable bonds is 15. The van der Waals surface area contributed by atoms with Gasteiger partial charge in [-0.05, 0) is 81.9 Å². The first kappa shape index (κ1) is 38.2. The lowest BCUT2D eigenvalue weighted by Gasteiger charge is -2.25. The molecule has 7 nitrogen and oxygen atoms in total. The van der Waals surface area contributed by atoms with Gasteiger partial charge in [-0.25, -0.2) is 4.79 Å². The Morgan fingerprint density at radius 2 is 1.57 bits per heavy atom. The van der Waals surface area contributed by atoms with E-state index < -0.39 is 6.09 Å². The van der Waals surface area contributed by atoms with Crippen molar-refractivity contribution in [2.24, 2.45) is 17.8 Å². The maximum atomic E-state index is 12.5. The van der Waals surface area contributed by atoms with Gasteiger partial charge in [0.1, 0.15) is 6.54 Å². The number of hydrogen-bond donors (Lipinski definition) is 2. The van der Waals surface area contributed by atoms with E-state index >= 15 is 0 Å². The minimum atomic E-state index is -0.399. The average Bonchev–Trinajstić information content (AvgIpc) is 3.66. The number of alkyl carbamates (subject to hydrolysis) is 1. The van der Waals surface area contributed by atoms with Crippen LogP contribution in [0.3, 0.4) is 0 Å². The number of allylic oxidation sites excluding steroid dienone is 6. The van der Waals surface area contributed by atoms with Crippen LogP contribution in [0.15, 0.2) is 84.6 Å². The number of nitrogens with one attached hydrogen (secondary N) is 2. The largest absolute Gasteiger partial charge is 0.449 e. The Labute approximate surface area is 317 Å². The number of para-hydroxylation sites is 2. The third-order valence-corrected chi connectivity index (χ3v) is 11.9. The highest BCUT2D eigenvalue weighted by Gasteiger charge is 2.49. The average molecular weight is 716 g/mol. The SMILES string of the molecule is CCN1C(=CC=CC=CC2=[N+](CCCCCC(=O)NCCNC(=O)OCC3C4CCC#CCC[C@@H]43)c3ccccc3C2(C)C)C(C)(C)c2ccccc21. The molecular formula is C46H59N4O3+. The van der Waals surface area contributed by atoms with Crippen molar-refractivity contribution >= 4 is 29.1 Å². The lowest BCUT2D eigenvalue weighted by atomic mass is 9.81. The van der Waals surface area contributed by atoms with Crippen LogP contribution in [0.1, 0.15) is 97.1 Å². The topological polar surface area (TPSA) is 73.7 Å². The standard InChI is InChI=1S/C46H58N4O3/c1-6-49-39-25-18-16-23-37(39)45(2,3)41(49)27-13-9-14-28-42-46(4,5)38-24-17-19-26-40(38)50(42)32-20-10-15-29-43(51)47-30-31-48-44(52)53-33-36-34-21-11-7-8-12-22-35(34)36/h9,13-14,16-19,23-28,34-36H,6,10-12,15,20-22,29-33H2,1-5H3,(H-,47,48,51,52)/p+1/t34-,35?,36?/m0/s1. The number of anilines is 1. The van der Waals surface area contributed by atoms with Crippen molar-refractivity contribution in [3.05, 3.63) is 95.7 Å². The maximum absolute atomic E-state index is 12.5. The number of carbonyl (C=O) groups is 2. The summed E-state index contributed by atoms with van der Waals surface area (Å²) in [6, 6.07) is 17.5. The van der Waals surface area contributed by atoms with E-state index in [1.165, 1.54) is 33.9 Å². The Morgan fingerprint density at radius 3 is 2.32 bits per heavy atom. The zero-order chi connectivity index (χ0) is 37.4. The van der Waals surface area contributed by atoms with E-state index in [-0.39, 0.29) is 16.7 Å². The molecule has 2 aromatic rings. The summed E-state index contributed by atoms with van der Waals surface area (Å²) in [5, 5.41) is 5.71. The molecule has 2 aliphatic carbocycles. The van der Waals surface area contributed by atoms with Crippen molar-refractivity contribution in [3.8, 4) is 11.8 Å². The minimum absolute atomic E-state index is 0.0214. The Balaban J connectivity index is 0.945. The Kier molecular flexibility index (Phi) is 12.3. The molecule has 2 amide bonds. The second kappa shape index (κ2) is 17.1. The number of unbranched alkanes of at least 4 members (excludes halogenated alkanes) is 2. The lowest BCUT2D eigenvalue weighted by Crippen LogP contribution is -2.35. The van der Waals surface area contributed by atoms with E-state index in [4.69, 9.17) is 4.74 Å². The molecule has 3 atom stereocenters. The molecule has 2 unspecified atom stereocenters. The molecule has 1 fully saturated rings. The summed E-state index contributed by atoms with van der Waals surface area (Å²) in [4.78, 5) is 27.1. The number of nitrogens with zero attached hydrogens (tertiary/aromatic N) is 2. The van der Waals surface area contributed by atoms with E-state index in [2.05, 4.69) is 145 Å². The number of carbonyl (C=O) groups excluding carboxylic acids is 2. The van der Waals surface area contributed by atoms with Gasteiger partial charge in [0.25, 0.3) is 0 Å². The lowest BCUT2D eigenvalue weighted by molar-refractivity contribution is -0.438.